The highest BCUT2D eigenvalue weighted by molar-refractivity contribution is 5.95. The van der Waals surface area contributed by atoms with Gasteiger partial charge in [-0.25, -0.2) is 0 Å². The van der Waals surface area contributed by atoms with Gasteiger partial charge in [-0.15, -0.1) is 0 Å². The first-order chi connectivity index (χ1) is 12.4. The van der Waals surface area contributed by atoms with Gasteiger partial charge in [0.15, 0.2) is 0 Å². The number of furan rings is 1. The number of hydrogen-bond donors (Lipinski definition) is 1. The second kappa shape index (κ2) is 9.17. The van der Waals surface area contributed by atoms with Crippen LogP contribution < -0.4 is 5.32 Å². The summed E-state index contributed by atoms with van der Waals surface area (Å²) >= 11 is 0. The minimum Gasteiger partial charge on any atom is -0.466 e. The van der Waals surface area contributed by atoms with E-state index in [1.807, 2.05) is 19.1 Å². The summed E-state index contributed by atoms with van der Waals surface area (Å²) < 4.78 is 5.47. The Labute approximate surface area is 154 Å². The minimum absolute atomic E-state index is 0.0801. The fourth-order valence-corrected chi connectivity index (χ4v) is 2.76. The molecule has 0 aliphatic heterocycles. The summed E-state index contributed by atoms with van der Waals surface area (Å²) in [6.45, 7) is 9.15. The van der Waals surface area contributed by atoms with Gasteiger partial charge in [-0.2, -0.15) is 0 Å². The van der Waals surface area contributed by atoms with Crippen LogP contribution in [-0.2, 0) is 11.3 Å². The van der Waals surface area contributed by atoms with Gasteiger partial charge in [-0.3, -0.25) is 14.6 Å². The Morgan fingerprint density at radius 1 is 1.23 bits per heavy atom. The summed E-state index contributed by atoms with van der Waals surface area (Å²) in [6.07, 6.45) is 3.65. The molecule has 0 aliphatic rings. The lowest BCUT2D eigenvalue weighted by Gasteiger charge is -2.24. The van der Waals surface area contributed by atoms with Crippen molar-refractivity contribution in [2.24, 2.45) is 5.92 Å². The molecule has 0 fully saturated rings. The van der Waals surface area contributed by atoms with Crippen LogP contribution in [-0.4, -0.2) is 34.8 Å². The lowest BCUT2D eigenvalue weighted by molar-refractivity contribution is -0.121. The Kier molecular flexibility index (Phi) is 6.95. The van der Waals surface area contributed by atoms with Gasteiger partial charge in [0.25, 0.3) is 5.91 Å². The molecule has 6 nitrogen and oxygen atoms in total. The van der Waals surface area contributed by atoms with Crippen LogP contribution in [0, 0.1) is 19.8 Å². The smallest absolute Gasteiger partial charge is 0.257 e. The number of rotatable bonds is 8. The summed E-state index contributed by atoms with van der Waals surface area (Å²) in [6, 6.07) is 5.48. The number of amides is 2. The van der Waals surface area contributed by atoms with E-state index in [-0.39, 0.29) is 18.2 Å². The molecule has 1 N–H and O–H groups in total. The average molecular weight is 357 g/mol. The molecule has 0 atom stereocenters. The van der Waals surface area contributed by atoms with Crippen molar-refractivity contribution in [1.82, 2.24) is 15.2 Å². The maximum absolute atomic E-state index is 12.8. The van der Waals surface area contributed by atoms with Crippen LogP contribution in [0.5, 0.6) is 0 Å². The van der Waals surface area contributed by atoms with Gasteiger partial charge in [0.05, 0.1) is 5.56 Å². The highest BCUT2D eigenvalue weighted by Crippen LogP contribution is 2.17. The molecule has 0 saturated heterocycles. The molecule has 0 bridgehead atoms. The van der Waals surface area contributed by atoms with Crippen molar-refractivity contribution >= 4 is 11.8 Å². The van der Waals surface area contributed by atoms with Crippen molar-refractivity contribution in [3.05, 3.63) is 53.2 Å². The van der Waals surface area contributed by atoms with Crippen LogP contribution in [0.3, 0.4) is 0 Å². The molecule has 140 valence electrons. The van der Waals surface area contributed by atoms with Gasteiger partial charge < -0.3 is 14.6 Å². The van der Waals surface area contributed by atoms with Crippen LogP contribution in [0.15, 0.2) is 35.0 Å². The third kappa shape index (κ3) is 5.72. The summed E-state index contributed by atoms with van der Waals surface area (Å²) in [5, 5.41) is 2.88. The predicted molar refractivity (Wildman–Crippen MR) is 99.6 cm³/mol. The maximum Gasteiger partial charge on any atom is 0.257 e. The van der Waals surface area contributed by atoms with Gasteiger partial charge in [0, 0.05) is 38.4 Å². The van der Waals surface area contributed by atoms with Gasteiger partial charge >= 0.3 is 0 Å². The minimum atomic E-state index is -0.0880. The standard InChI is InChI=1S/C20H27N3O3/c1-14(2)13-23(20(25)18-11-15(3)26-16(18)4)10-7-19(24)22-12-17-5-8-21-9-6-17/h5-6,8-9,11,14H,7,10,12-13H2,1-4H3,(H,22,24). The molecule has 6 heteroatoms. The molecular formula is C20H27N3O3. The third-order valence-corrected chi connectivity index (χ3v) is 3.99. The summed E-state index contributed by atoms with van der Waals surface area (Å²) in [4.78, 5) is 30.7. The summed E-state index contributed by atoms with van der Waals surface area (Å²) in [7, 11) is 0. The summed E-state index contributed by atoms with van der Waals surface area (Å²) in [5.74, 6) is 1.47. The van der Waals surface area contributed by atoms with Crippen molar-refractivity contribution in [1.29, 1.82) is 0 Å². The van der Waals surface area contributed by atoms with E-state index in [2.05, 4.69) is 24.1 Å². The molecule has 0 unspecified atom stereocenters. The Hall–Kier alpha value is -2.63. The Bertz CT molecular complexity index is 738. The SMILES string of the molecule is Cc1cc(C(=O)N(CCC(=O)NCc2ccncc2)CC(C)C)c(C)o1. The maximum atomic E-state index is 12.8. The zero-order valence-electron chi connectivity index (χ0n) is 15.9. The Morgan fingerprint density at radius 3 is 2.50 bits per heavy atom. The van der Waals surface area contributed by atoms with E-state index < -0.39 is 0 Å². The van der Waals surface area contributed by atoms with Crippen molar-refractivity contribution in [2.75, 3.05) is 13.1 Å². The molecule has 2 heterocycles. The second-order valence-electron chi connectivity index (χ2n) is 6.85. The number of pyridine rings is 1. The van der Waals surface area contributed by atoms with Gasteiger partial charge in [0.2, 0.25) is 5.91 Å². The number of nitrogens with zero attached hydrogens (tertiary/aromatic N) is 2. The fourth-order valence-electron chi connectivity index (χ4n) is 2.76. The second-order valence-corrected chi connectivity index (χ2v) is 6.85. The topological polar surface area (TPSA) is 75.4 Å². The van der Waals surface area contributed by atoms with E-state index in [0.717, 1.165) is 5.56 Å². The van der Waals surface area contributed by atoms with Crippen LogP contribution in [0.4, 0.5) is 0 Å². The first kappa shape index (κ1) is 19.7. The number of carbonyl (C=O) groups is 2. The van der Waals surface area contributed by atoms with Crippen molar-refractivity contribution < 1.29 is 14.0 Å². The number of hydrogen-bond acceptors (Lipinski definition) is 4. The molecule has 0 aliphatic carbocycles. The molecule has 0 radical (unpaired) electrons. The van der Waals surface area contributed by atoms with Crippen LogP contribution >= 0.6 is 0 Å². The van der Waals surface area contributed by atoms with E-state index in [9.17, 15) is 9.59 Å². The van der Waals surface area contributed by atoms with Crippen molar-refractivity contribution in [3.63, 3.8) is 0 Å². The highest BCUT2D eigenvalue weighted by atomic mass is 16.3. The first-order valence-corrected chi connectivity index (χ1v) is 8.88. The lowest BCUT2D eigenvalue weighted by atomic mass is 10.1. The first-order valence-electron chi connectivity index (χ1n) is 8.88. The van der Waals surface area contributed by atoms with Crippen molar-refractivity contribution in [2.45, 2.75) is 40.7 Å². The number of carbonyl (C=O) groups excluding carboxylic acids is 2. The van der Waals surface area contributed by atoms with Gasteiger partial charge in [-0.05, 0) is 43.5 Å². The average Bonchev–Trinajstić information content (AvgIpc) is 2.95. The monoisotopic (exact) mass is 357 g/mol. The zero-order valence-corrected chi connectivity index (χ0v) is 15.9. The lowest BCUT2D eigenvalue weighted by Crippen LogP contribution is -2.37. The fraction of sp³-hybridized carbons (Fsp3) is 0.450. The van der Waals surface area contributed by atoms with Gasteiger partial charge in [0.1, 0.15) is 11.5 Å². The van der Waals surface area contributed by atoms with E-state index in [1.165, 1.54) is 0 Å². The third-order valence-electron chi connectivity index (χ3n) is 3.99. The van der Waals surface area contributed by atoms with Crippen molar-refractivity contribution in [3.8, 4) is 0 Å². The zero-order chi connectivity index (χ0) is 19.1. The van der Waals surface area contributed by atoms with Crippen LogP contribution in [0.1, 0.15) is 47.7 Å². The normalized spacial score (nSPS) is 10.8. The molecule has 2 amide bonds. The molecule has 2 aromatic rings. The molecule has 0 aromatic carbocycles. The summed E-state index contributed by atoms with van der Waals surface area (Å²) in [5.41, 5.74) is 1.56. The number of nitrogens with one attached hydrogen (secondary N) is 1. The number of aromatic nitrogens is 1. The Balaban J connectivity index is 1.93. The number of aryl methyl sites for hydroxylation is 2. The van der Waals surface area contributed by atoms with E-state index in [0.29, 0.717) is 42.6 Å². The van der Waals surface area contributed by atoms with Crippen LogP contribution in [0.25, 0.3) is 0 Å². The van der Waals surface area contributed by atoms with Gasteiger partial charge in [-0.1, -0.05) is 13.8 Å². The Morgan fingerprint density at radius 2 is 1.92 bits per heavy atom. The van der Waals surface area contributed by atoms with Crippen LogP contribution in [0.2, 0.25) is 0 Å². The molecule has 2 rings (SSSR count). The van der Waals surface area contributed by atoms with E-state index in [1.54, 1.807) is 30.3 Å². The molecule has 0 saturated carbocycles. The molecular weight excluding hydrogens is 330 g/mol. The van der Waals surface area contributed by atoms with E-state index >= 15 is 0 Å². The largest absolute Gasteiger partial charge is 0.466 e. The van der Waals surface area contributed by atoms with E-state index in [4.69, 9.17) is 4.42 Å². The highest BCUT2D eigenvalue weighted by Gasteiger charge is 2.21. The predicted octanol–water partition coefficient (Wildman–Crippen LogP) is 3.10. The molecule has 2 aromatic heterocycles. The molecule has 0 spiro atoms. The molecule has 26 heavy (non-hydrogen) atoms. The quantitative estimate of drug-likeness (QED) is 0.788.